The molecule has 2 heterocycles. The van der Waals surface area contributed by atoms with Crippen LogP contribution in [0.3, 0.4) is 0 Å². The Morgan fingerprint density at radius 3 is 2.50 bits per heavy atom. The van der Waals surface area contributed by atoms with E-state index < -0.39 is 0 Å². The lowest BCUT2D eigenvalue weighted by molar-refractivity contribution is 0.726. The van der Waals surface area contributed by atoms with Crippen LogP contribution in [0, 0.1) is 0 Å². The van der Waals surface area contributed by atoms with E-state index in [2.05, 4.69) is 20.2 Å². The van der Waals surface area contributed by atoms with Crippen molar-refractivity contribution in [3.8, 4) is 0 Å². The first-order chi connectivity index (χ1) is 7.83. The lowest BCUT2D eigenvalue weighted by Crippen LogP contribution is -2.26. The van der Waals surface area contributed by atoms with Crippen molar-refractivity contribution in [2.45, 2.75) is 25.7 Å². The van der Waals surface area contributed by atoms with Crippen LogP contribution >= 0.6 is 0 Å². The SMILES string of the molecule is CNc1ncnc(N2CCCCCC2)c1N. The van der Waals surface area contributed by atoms with E-state index in [1.54, 1.807) is 6.33 Å². The Bertz CT molecular complexity index is 344. The maximum Gasteiger partial charge on any atom is 0.157 e. The Labute approximate surface area is 96.1 Å². The molecule has 1 aliphatic rings. The minimum absolute atomic E-state index is 0.659. The molecule has 16 heavy (non-hydrogen) atoms. The van der Waals surface area contributed by atoms with E-state index in [0.29, 0.717) is 11.5 Å². The van der Waals surface area contributed by atoms with Gasteiger partial charge in [0.1, 0.15) is 12.0 Å². The number of nitrogen functional groups attached to an aromatic ring is 1. The predicted octanol–water partition coefficient (Wildman–Crippen LogP) is 1.48. The largest absolute Gasteiger partial charge is 0.393 e. The van der Waals surface area contributed by atoms with Gasteiger partial charge in [-0.05, 0) is 12.8 Å². The van der Waals surface area contributed by atoms with Crippen molar-refractivity contribution < 1.29 is 0 Å². The first-order valence-corrected chi connectivity index (χ1v) is 5.86. The summed E-state index contributed by atoms with van der Waals surface area (Å²) < 4.78 is 0. The first-order valence-electron chi connectivity index (χ1n) is 5.86. The molecular formula is C11H19N5. The van der Waals surface area contributed by atoms with E-state index in [1.807, 2.05) is 7.05 Å². The second-order valence-corrected chi connectivity index (χ2v) is 4.11. The molecule has 0 atom stereocenters. The highest BCUT2D eigenvalue weighted by molar-refractivity contribution is 5.74. The molecule has 0 unspecified atom stereocenters. The van der Waals surface area contributed by atoms with Crippen LogP contribution in [0.1, 0.15) is 25.7 Å². The molecule has 1 saturated heterocycles. The molecule has 1 aromatic heterocycles. The molecule has 0 bridgehead atoms. The topological polar surface area (TPSA) is 67.1 Å². The fourth-order valence-corrected chi connectivity index (χ4v) is 2.12. The van der Waals surface area contributed by atoms with Crippen molar-refractivity contribution in [3.05, 3.63) is 6.33 Å². The summed E-state index contributed by atoms with van der Waals surface area (Å²) in [4.78, 5) is 10.7. The van der Waals surface area contributed by atoms with Crippen molar-refractivity contribution in [3.63, 3.8) is 0 Å². The monoisotopic (exact) mass is 221 g/mol. The Balaban J connectivity index is 2.24. The van der Waals surface area contributed by atoms with E-state index in [1.165, 1.54) is 25.7 Å². The third kappa shape index (κ3) is 2.18. The highest BCUT2D eigenvalue weighted by Gasteiger charge is 2.15. The highest BCUT2D eigenvalue weighted by atomic mass is 15.2. The van der Waals surface area contributed by atoms with Gasteiger partial charge in [0, 0.05) is 20.1 Å². The van der Waals surface area contributed by atoms with Crippen molar-refractivity contribution in [1.29, 1.82) is 0 Å². The van der Waals surface area contributed by atoms with Gasteiger partial charge >= 0.3 is 0 Å². The van der Waals surface area contributed by atoms with E-state index in [9.17, 15) is 0 Å². The number of hydrogen-bond acceptors (Lipinski definition) is 5. The molecule has 1 aromatic rings. The van der Waals surface area contributed by atoms with Gasteiger partial charge in [-0.15, -0.1) is 0 Å². The van der Waals surface area contributed by atoms with Crippen LogP contribution in [0.5, 0.6) is 0 Å². The molecule has 2 rings (SSSR count). The van der Waals surface area contributed by atoms with Crippen molar-refractivity contribution in [1.82, 2.24) is 9.97 Å². The molecule has 5 heteroatoms. The maximum absolute atomic E-state index is 6.05. The average Bonchev–Trinajstić information content (AvgIpc) is 2.58. The first kappa shape index (κ1) is 11.0. The molecule has 0 amide bonds. The maximum atomic E-state index is 6.05. The third-order valence-corrected chi connectivity index (χ3v) is 3.01. The highest BCUT2D eigenvalue weighted by Crippen LogP contribution is 2.27. The number of hydrogen-bond donors (Lipinski definition) is 2. The predicted molar refractivity (Wildman–Crippen MR) is 66.7 cm³/mol. The standard InChI is InChI=1S/C11H19N5/c1-13-10-9(12)11(15-8-14-10)16-6-4-2-3-5-7-16/h8H,2-7,12H2,1H3,(H,13,14,15). The molecule has 1 fully saturated rings. The summed E-state index contributed by atoms with van der Waals surface area (Å²) in [6.45, 7) is 2.09. The zero-order valence-electron chi connectivity index (χ0n) is 9.74. The molecule has 0 radical (unpaired) electrons. The number of anilines is 3. The van der Waals surface area contributed by atoms with Gasteiger partial charge in [0.05, 0.1) is 0 Å². The summed E-state index contributed by atoms with van der Waals surface area (Å²) in [6, 6.07) is 0. The average molecular weight is 221 g/mol. The van der Waals surface area contributed by atoms with Gasteiger partial charge < -0.3 is 16.0 Å². The minimum Gasteiger partial charge on any atom is -0.393 e. The number of nitrogens with zero attached hydrogens (tertiary/aromatic N) is 3. The van der Waals surface area contributed by atoms with Crippen LogP contribution in [0.25, 0.3) is 0 Å². The van der Waals surface area contributed by atoms with Gasteiger partial charge in [0.2, 0.25) is 0 Å². The van der Waals surface area contributed by atoms with Crippen LogP contribution in [0.4, 0.5) is 17.3 Å². The number of rotatable bonds is 2. The van der Waals surface area contributed by atoms with E-state index >= 15 is 0 Å². The number of nitrogens with one attached hydrogen (secondary N) is 1. The summed E-state index contributed by atoms with van der Waals surface area (Å²) in [5, 5.41) is 2.99. The van der Waals surface area contributed by atoms with Gasteiger partial charge in [-0.25, -0.2) is 9.97 Å². The van der Waals surface area contributed by atoms with Crippen LogP contribution < -0.4 is 16.0 Å². The summed E-state index contributed by atoms with van der Waals surface area (Å²) in [7, 11) is 1.82. The van der Waals surface area contributed by atoms with Gasteiger partial charge in [0.15, 0.2) is 11.6 Å². The zero-order chi connectivity index (χ0) is 11.4. The van der Waals surface area contributed by atoms with Crippen LogP contribution in [-0.2, 0) is 0 Å². The smallest absolute Gasteiger partial charge is 0.157 e. The minimum atomic E-state index is 0.659. The fourth-order valence-electron chi connectivity index (χ4n) is 2.12. The second-order valence-electron chi connectivity index (χ2n) is 4.11. The Morgan fingerprint density at radius 2 is 1.88 bits per heavy atom. The Kier molecular flexibility index (Phi) is 3.44. The molecule has 3 N–H and O–H groups in total. The van der Waals surface area contributed by atoms with Crippen molar-refractivity contribution in [2.24, 2.45) is 0 Å². The van der Waals surface area contributed by atoms with Crippen molar-refractivity contribution in [2.75, 3.05) is 36.1 Å². The normalized spacial score (nSPS) is 16.9. The molecule has 0 aliphatic carbocycles. The van der Waals surface area contributed by atoms with Crippen LogP contribution in [0.15, 0.2) is 6.33 Å². The molecule has 5 nitrogen and oxygen atoms in total. The lowest BCUT2D eigenvalue weighted by Gasteiger charge is -2.23. The second kappa shape index (κ2) is 5.01. The molecule has 1 aliphatic heterocycles. The van der Waals surface area contributed by atoms with Gasteiger partial charge in [-0.3, -0.25) is 0 Å². The molecule has 0 spiro atoms. The summed E-state index contributed by atoms with van der Waals surface area (Å²) in [6.07, 6.45) is 6.62. The van der Waals surface area contributed by atoms with Crippen LogP contribution in [0.2, 0.25) is 0 Å². The molecular weight excluding hydrogens is 202 g/mol. The Hall–Kier alpha value is -1.52. The molecule has 0 saturated carbocycles. The van der Waals surface area contributed by atoms with Gasteiger partial charge in [-0.1, -0.05) is 12.8 Å². The van der Waals surface area contributed by atoms with Gasteiger partial charge in [-0.2, -0.15) is 0 Å². The third-order valence-electron chi connectivity index (χ3n) is 3.01. The van der Waals surface area contributed by atoms with Crippen molar-refractivity contribution >= 4 is 17.3 Å². The lowest BCUT2D eigenvalue weighted by atomic mass is 10.2. The van der Waals surface area contributed by atoms with E-state index in [4.69, 9.17) is 5.73 Å². The number of nitrogens with two attached hydrogens (primary N) is 1. The quantitative estimate of drug-likeness (QED) is 0.791. The number of aromatic nitrogens is 2. The summed E-state index contributed by atoms with van der Waals surface area (Å²) in [5.74, 6) is 1.59. The molecule has 88 valence electrons. The van der Waals surface area contributed by atoms with Gasteiger partial charge in [0.25, 0.3) is 0 Å². The fraction of sp³-hybridized carbons (Fsp3) is 0.636. The van der Waals surface area contributed by atoms with E-state index in [-0.39, 0.29) is 0 Å². The van der Waals surface area contributed by atoms with E-state index in [0.717, 1.165) is 18.9 Å². The Morgan fingerprint density at radius 1 is 1.19 bits per heavy atom. The zero-order valence-corrected chi connectivity index (χ0v) is 9.74. The molecule has 0 aromatic carbocycles. The summed E-state index contributed by atoms with van der Waals surface area (Å²) >= 11 is 0. The van der Waals surface area contributed by atoms with Crippen LogP contribution in [-0.4, -0.2) is 30.1 Å². The summed E-state index contributed by atoms with van der Waals surface area (Å²) in [5.41, 5.74) is 6.71.